The third-order valence-corrected chi connectivity index (χ3v) is 5.40. The first kappa shape index (κ1) is 14.9. The maximum absolute atomic E-state index is 12.3. The summed E-state index contributed by atoms with van der Waals surface area (Å²) in [6, 6.07) is 8.36. The maximum Gasteiger partial charge on any atom is 0.251 e. The zero-order valence-corrected chi connectivity index (χ0v) is 13.9. The van der Waals surface area contributed by atoms with Crippen molar-refractivity contribution in [3.63, 3.8) is 0 Å². The van der Waals surface area contributed by atoms with Crippen molar-refractivity contribution in [2.45, 2.75) is 37.4 Å². The van der Waals surface area contributed by atoms with Crippen molar-refractivity contribution < 1.29 is 9.53 Å². The van der Waals surface area contributed by atoms with Gasteiger partial charge in [-0.05, 0) is 43.5 Å². The van der Waals surface area contributed by atoms with Crippen LogP contribution in [-0.2, 0) is 0 Å². The molecule has 5 nitrogen and oxygen atoms in total. The van der Waals surface area contributed by atoms with Crippen LogP contribution in [0.5, 0.6) is 10.8 Å². The average Bonchev–Trinajstić information content (AvgIpc) is 3.25. The average molecular weight is 350 g/mol. The molecule has 3 heterocycles. The van der Waals surface area contributed by atoms with Gasteiger partial charge in [0, 0.05) is 23.7 Å². The van der Waals surface area contributed by atoms with Crippen LogP contribution in [0, 0.1) is 0 Å². The molecule has 0 aliphatic carbocycles. The quantitative estimate of drug-likeness (QED) is 0.889. The SMILES string of the molecule is O=C(NC1CC2CCC1N2)c1ccc(Oc2cnc(Cl)s2)cc1. The Morgan fingerprint density at radius 2 is 2.17 bits per heavy atom. The Labute approximate surface area is 143 Å². The van der Waals surface area contributed by atoms with Gasteiger partial charge < -0.3 is 15.4 Å². The van der Waals surface area contributed by atoms with Gasteiger partial charge in [-0.3, -0.25) is 4.79 Å². The molecule has 0 spiro atoms. The van der Waals surface area contributed by atoms with E-state index in [0.717, 1.165) is 12.8 Å². The van der Waals surface area contributed by atoms with E-state index in [2.05, 4.69) is 15.6 Å². The van der Waals surface area contributed by atoms with Gasteiger partial charge in [0.2, 0.25) is 5.06 Å². The lowest BCUT2D eigenvalue weighted by molar-refractivity contribution is 0.0931. The molecule has 0 saturated carbocycles. The number of fused-ring (bicyclic) bond motifs is 2. The van der Waals surface area contributed by atoms with Crippen molar-refractivity contribution in [3.05, 3.63) is 40.5 Å². The van der Waals surface area contributed by atoms with Crippen molar-refractivity contribution in [1.29, 1.82) is 0 Å². The molecule has 2 bridgehead atoms. The molecule has 2 aliphatic heterocycles. The summed E-state index contributed by atoms with van der Waals surface area (Å²) in [5.41, 5.74) is 0.641. The Morgan fingerprint density at radius 1 is 1.35 bits per heavy atom. The number of carbonyl (C=O) groups excluding carboxylic acids is 1. The summed E-state index contributed by atoms with van der Waals surface area (Å²) in [6.45, 7) is 0. The van der Waals surface area contributed by atoms with Crippen molar-refractivity contribution in [2.75, 3.05) is 0 Å². The normalized spacial score (nSPS) is 25.5. The molecular formula is C16H16ClN3O2S. The monoisotopic (exact) mass is 349 g/mol. The van der Waals surface area contributed by atoms with Crippen molar-refractivity contribution >= 4 is 28.8 Å². The standard InChI is InChI=1S/C16H16ClN3O2S/c17-16-18-8-14(23-16)22-11-4-1-9(2-5-11)15(21)20-13-7-10-3-6-12(13)19-10/h1-2,4-5,8,10,12-13,19H,3,6-7H2,(H,20,21). The molecule has 2 aliphatic rings. The van der Waals surface area contributed by atoms with E-state index in [0.29, 0.717) is 32.9 Å². The van der Waals surface area contributed by atoms with Gasteiger partial charge in [-0.2, -0.15) is 0 Å². The van der Waals surface area contributed by atoms with Crippen LogP contribution >= 0.6 is 22.9 Å². The number of benzene rings is 1. The lowest BCUT2D eigenvalue weighted by Gasteiger charge is -2.21. The molecule has 1 aromatic carbocycles. The van der Waals surface area contributed by atoms with E-state index in [4.69, 9.17) is 16.3 Å². The second-order valence-corrected chi connectivity index (χ2v) is 7.50. The summed E-state index contributed by atoms with van der Waals surface area (Å²) in [4.78, 5) is 16.3. The summed E-state index contributed by atoms with van der Waals surface area (Å²) in [5, 5.41) is 7.28. The minimum atomic E-state index is -0.0308. The minimum Gasteiger partial charge on any atom is -0.445 e. The number of nitrogens with zero attached hydrogens (tertiary/aromatic N) is 1. The molecule has 1 aromatic heterocycles. The first-order valence-electron chi connectivity index (χ1n) is 7.63. The second-order valence-electron chi connectivity index (χ2n) is 5.92. The summed E-state index contributed by atoms with van der Waals surface area (Å²) in [7, 11) is 0. The highest BCUT2D eigenvalue weighted by molar-refractivity contribution is 7.17. The Morgan fingerprint density at radius 3 is 2.78 bits per heavy atom. The number of thiazole rings is 1. The molecule has 0 radical (unpaired) electrons. The van der Waals surface area contributed by atoms with Gasteiger partial charge in [-0.25, -0.2) is 4.98 Å². The summed E-state index contributed by atoms with van der Waals surface area (Å²) in [6.07, 6.45) is 4.99. The number of amides is 1. The molecule has 1 amide bonds. The van der Waals surface area contributed by atoms with E-state index in [-0.39, 0.29) is 11.9 Å². The Balaban J connectivity index is 1.38. The molecule has 2 N–H and O–H groups in total. The fourth-order valence-corrected chi connectivity index (χ4v) is 4.10. The minimum absolute atomic E-state index is 0.0308. The van der Waals surface area contributed by atoms with Gasteiger partial charge in [0.25, 0.3) is 5.91 Å². The van der Waals surface area contributed by atoms with Crippen LogP contribution in [-0.4, -0.2) is 29.0 Å². The van der Waals surface area contributed by atoms with Gasteiger partial charge in [0.15, 0.2) is 4.47 Å². The Hall–Kier alpha value is -1.63. The number of halogens is 1. The molecule has 7 heteroatoms. The number of hydrogen-bond acceptors (Lipinski definition) is 5. The molecule has 2 aromatic rings. The van der Waals surface area contributed by atoms with Crippen LogP contribution in [0.4, 0.5) is 0 Å². The molecule has 2 fully saturated rings. The zero-order chi connectivity index (χ0) is 15.8. The number of nitrogens with one attached hydrogen (secondary N) is 2. The smallest absolute Gasteiger partial charge is 0.251 e. The Bertz CT molecular complexity index is 718. The zero-order valence-electron chi connectivity index (χ0n) is 12.3. The molecule has 23 heavy (non-hydrogen) atoms. The third-order valence-electron chi connectivity index (χ3n) is 4.41. The first-order valence-corrected chi connectivity index (χ1v) is 8.83. The van der Waals surface area contributed by atoms with Crippen LogP contribution in [0.15, 0.2) is 30.5 Å². The molecule has 2 saturated heterocycles. The van der Waals surface area contributed by atoms with E-state index < -0.39 is 0 Å². The van der Waals surface area contributed by atoms with Gasteiger partial charge >= 0.3 is 0 Å². The number of carbonyl (C=O) groups is 1. The summed E-state index contributed by atoms with van der Waals surface area (Å²) < 4.78 is 6.08. The van der Waals surface area contributed by atoms with Crippen LogP contribution in [0.25, 0.3) is 0 Å². The lowest BCUT2D eigenvalue weighted by atomic mass is 9.95. The highest BCUT2D eigenvalue weighted by atomic mass is 35.5. The van der Waals surface area contributed by atoms with Crippen LogP contribution in [0.2, 0.25) is 4.47 Å². The number of rotatable bonds is 4. The van der Waals surface area contributed by atoms with Crippen molar-refractivity contribution in [3.8, 4) is 10.8 Å². The molecular weight excluding hydrogens is 334 g/mol. The van der Waals surface area contributed by atoms with E-state index in [1.807, 2.05) is 0 Å². The van der Waals surface area contributed by atoms with Crippen LogP contribution in [0.1, 0.15) is 29.6 Å². The molecule has 4 rings (SSSR count). The van der Waals surface area contributed by atoms with E-state index in [1.54, 1.807) is 30.5 Å². The topological polar surface area (TPSA) is 63.2 Å². The van der Waals surface area contributed by atoms with Crippen molar-refractivity contribution in [1.82, 2.24) is 15.6 Å². The summed E-state index contributed by atoms with van der Waals surface area (Å²) in [5.74, 6) is 0.625. The van der Waals surface area contributed by atoms with E-state index in [1.165, 1.54) is 17.8 Å². The lowest BCUT2D eigenvalue weighted by Crippen LogP contribution is -2.42. The van der Waals surface area contributed by atoms with Crippen LogP contribution in [0.3, 0.4) is 0 Å². The predicted molar refractivity (Wildman–Crippen MR) is 89.5 cm³/mol. The predicted octanol–water partition coefficient (Wildman–Crippen LogP) is 3.21. The van der Waals surface area contributed by atoms with Crippen molar-refractivity contribution in [2.24, 2.45) is 0 Å². The maximum atomic E-state index is 12.3. The third kappa shape index (κ3) is 3.20. The first-order chi connectivity index (χ1) is 11.2. The Kier molecular flexibility index (Phi) is 3.97. The number of aromatic nitrogens is 1. The fourth-order valence-electron chi connectivity index (χ4n) is 3.31. The van der Waals surface area contributed by atoms with E-state index >= 15 is 0 Å². The molecule has 120 valence electrons. The highest BCUT2D eigenvalue weighted by Gasteiger charge is 2.39. The second kappa shape index (κ2) is 6.11. The summed E-state index contributed by atoms with van der Waals surface area (Å²) >= 11 is 7.04. The fraction of sp³-hybridized carbons (Fsp3) is 0.375. The molecule has 3 unspecified atom stereocenters. The van der Waals surface area contributed by atoms with E-state index in [9.17, 15) is 4.79 Å². The van der Waals surface area contributed by atoms with Crippen LogP contribution < -0.4 is 15.4 Å². The van der Waals surface area contributed by atoms with Gasteiger partial charge in [0.05, 0.1) is 6.20 Å². The van der Waals surface area contributed by atoms with Gasteiger partial charge in [-0.1, -0.05) is 22.9 Å². The van der Waals surface area contributed by atoms with Gasteiger partial charge in [0.1, 0.15) is 5.75 Å². The number of ether oxygens (including phenoxy) is 1. The van der Waals surface area contributed by atoms with Gasteiger partial charge in [-0.15, -0.1) is 0 Å². The number of hydrogen-bond donors (Lipinski definition) is 2. The molecule has 3 atom stereocenters. The largest absolute Gasteiger partial charge is 0.445 e. The highest BCUT2D eigenvalue weighted by Crippen LogP contribution is 2.30.